The van der Waals surface area contributed by atoms with Crippen LogP contribution in [0.5, 0.6) is 0 Å². The lowest BCUT2D eigenvalue weighted by Crippen LogP contribution is -2.40. The lowest BCUT2D eigenvalue weighted by Gasteiger charge is -2.11. The average molecular weight is 355 g/mol. The minimum atomic E-state index is -0.887. The van der Waals surface area contributed by atoms with Gasteiger partial charge in [-0.05, 0) is 37.1 Å². The van der Waals surface area contributed by atoms with Gasteiger partial charge in [0, 0.05) is 16.6 Å². The predicted octanol–water partition coefficient (Wildman–Crippen LogP) is 1.16. The van der Waals surface area contributed by atoms with Gasteiger partial charge in [0.25, 0.3) is 5.91 Å². The molecule has 7 heteroatoms. The lowest BCUT2D eigenvalue weighted by atomic mass is 10.1. The molecule has 0 aromatic heterocycles. The fraction of sp³-hybridized carbons (Fsp3) is 0.357. The maximum atomic E-state index is 11.8. The lowest BCUT2D eigenvalue weighted by molar-refractivity contribution is -0.143. The molecule has 1 aromatic rings. The molecule has 0 aliphatic heterocycles. The van der Waals surface area contributed by atoms with Gasteiger partial charge in [0.1, 0.15) is 0 Å². The summed E-state index contributed by atoms with van der Waals surface area (Å²) in [6, 6.07) is 6.75. The molecule has 1 aliphatic carbocycles. The van der Waals surface area contributed by atoms with Crippen LogP contribution in [-0.4, -0.2) is 36.0 Å². The number of carboxylic acid groups (broad SMARTS) is 1. The molecule has 0 bridgehead atoms. The molecule has 0 saturated heterocycles. The number of carbonyl (C=O) groups excluding carboxylic acids is 2. The smallest absolute Gasteiger partial charge is 0.311 e. The largest absolute Gasteiger partial charge is 0.481 e. The van der Waals surface area contributed by atoms with Crippen LogP contribution in [-0.2, 0) is 9.59 Å². The van der Waals surface area contributed by atoms with Gasteiger partial charge in [0.15, 0.2) is 0 Å². The van der Waals surface area contributed by atoms with E-state index in [0.717, 1.165) is 4.47 Å². The van der Waals surface area contributed by atoms with Gasteiger partial charge in [-0.1, -0.05) is 15.9 Å². The van der Waals surface area contributed by atoms with E-state index in [1.165, 1.54) is 0 Å². The second-order valence-corrected chi connectivity index (χ2v) is 5.97. The van der Waals surface area contributed by atoms with Gasteiger partial charge in [-0.2, -0.15) is 0 Å². The molecule has 2 rings (SSSR count). The van der Waals surface area contributed by atoms with Gasteiger partial charge in [0.2, 0.25) is 5.91 Å². The average Bonchev–Trinajstić information content (AvgIpc) is 3.24. The molecule has 1 aromatic carbocycles. The highest BCUT2D eigenvalue weighted by Crippen LogP contribution is 2.45. The fourth-order valence-electron chi connectivity index (χ4n) is 1.81. The number of hydrogen-bond donors (Lipinski definition) is 3. The van der Waals surface area contributed by atoms with E-state index in [2.05, 4.69) is 26.6 Å². The third-order valence-electron chi connectivity index (χ3n) is 3.45. The van der Waals surface area contributed by atoms with Crippen molar-refractivity contribution in [3.05, 3.63) is 34.3 Å². The summed E-state index contributed by atoms with van der Waals surface area (Å²) in [5, 5.41) is 14.0. The molecule has 2 amide bonds. The topological polar surface area (TPSA) is 95.5 Å². The number of hydrogen-bond acceptors (Lipinski definition) is 3. The van der Waals surface area contributed by atoms with Crippen molar-refractivity contribution in [1.29, 1.82) is 0 Å². The van der Waals surface area contributed by atoms with E-state index in [1.807, 2.05) is 0 Å². The van der Waals surface area contributed by atoms with Crippen LogP contribution in [0.3, 0.4) is 0 Å². The normalized spacial score (nSPS) is 15.1. The highest BCUT2D eigenvalue weighted by molar-refractivity contribution is 9.10. The Morgan fingerprint density at radius 2 is 1.76 bits per heavy atom. The van der Waals surface area contributed by atoms with E-state index in [-0.39, 0.29) is 19.0 Å². The second-order valence-electron chi connectivity index (χ2n) is 5.05. The maximum absolute atomic E-state index is 11.8. The molecule has 0 heterocycles. The maximum Gasteiger partial charge on any atom is 0.311 e. The van der Waals surface area contributed by atoms with Crippen LogP contribution in [0, 0.1) is 5.41 Å². The van der Waals surface area contributed by atoms with Crippen LogP contribution >= 0.6 is 15.9 Å². The number of benzene rings is 1. The van der Waals surface area contributed by atoms with E-state index in [0.29, 0.717) is 18.4 Å². The first-order valence-corrected chi connectivity index (χ1v) is 7.26. The van der Waals surface area contributed by atoms with Crippen molar-refractivity contribution < 1.29 is 19.5 Å². The highest BCUT2D eigenvalue weighted by Gasteiger charge is 2.50. The number of nitrogens with one attached hydrogen (secondary N) is 2. The number of carbonyl (C=O) groups is 3. The summed E-state index contributed by atoms with van der Waals surface area (Å²) in [5.74, 6) is -1.63. The van der Waals surface area contributed by atoms with Crippen molar-refractivity contribution >= 4 is 33.7 Å². The van der Waals surface area contributed by atoms with Crippen LogP contribution in [0.4, 0.5) is 0 Å². The molecular weight excluding hydrogens is 340 g/mol. The minimum absolute atomic E-state index is 0.106. The summed E-state index contributed by atoms with van der Waals surface area (Å²) in [6.07, 6.45) is 1.15. The van der Waals surface area contributed by atoms with E-state index in [9.17, 15) is 14.4 Å². The Morgan fingerprint density at radius 3 is 2.29 bits per heavy atom. The van der Waals surface area contributed by atoms with Gasteiger partial charge in [-0.25, -0.2) is 0 Å². The summed E-state index contributed by atoms with van der Waals surface area (Å²) in [4.78, 5) is 34.3. The van der Waals surface area contributed by atoms with Crippen molar-refractivity contribution in [2.45, 2.75) is 12.8 Å². The number of amides is 2. The Bertz CT molecular complexity index is 567. The van der Waals surface area contributed by atoms with E-state index in [1.54, 1.807) is 24.3 Å². The van der Waals surface area contributed by atoms with Crippen LogP contribution in [0.25, 0.3) is 0 Å². The van der Waals surface area contributed by atoms with E-state index in [4.69, 9.17) is 5.11 Å². The van der Waals surface area contributed by atoms with Crippen LogP contribution in [0.1, 0.15) is 23.2 Å². The highest BCUT2D eigenvalue weighted by atomic mass is 79.9. The Labute approximate surface area is 130 Å². The quantitative estimate of drug-likeness (QED) is 0.714. The molecule has 1 fully saturated rings. The first-order chi connectivity index (χ1) is 9.93. The number of aliphatic carboxylic acids is 1. The first-order valence-electron chi connectivity index (χ1n) is 6.47. The summed E-state index contributed by atoms with van der Waals surface area (Å²) in [5.41, 5.74) is -0.346. The summed E-state index contributed by atoms with van der Waals surface area (Å²) >= 11 is 3.27. The number of rotatable bonds is 6. The van der Waals surface area contributed by atoms with Crippen molar-refractivity contribution in [3.63, 3.8) is 0 Å². The third kappa shape index (κ3) is 4.04. The van der Waals surface area contributed by atoms with Crippen molar-refractivity contribution in [3.8, 4) is 0 Å². The number of halogens is 1. The summed E-state index contributed by atoms with van der Waals surface area (Å²) in [6.45, 7) is -0.0695. The molecule has 1 saturated carbocycles. The Kier molecular flexibility index (Phi) is 4.62. The number of carboxylic acids is 1. The SMILES string of the molecule is O=C(CNC(=O)c1ccc(Br)cc1)NCC1(C(=O)O)CC1. The Morgan fingerprint density at radius 1 is 1.14 bits per heavy atom. The molecule has 21 heavy (non-hydrogen) atoms. The minimum Gasteiger partial charge on any atom is -0.481 e. The van der Waals surface area contributed by atoms with Crippen molar-refractivity contribution in [2.75, 3.05) is 13.1 Å². The predicted molar refractivity (Wildman–Crippen MR) is 78.8 cm³/mol. The molecule has 0 atom stereocenters. The second kappa shape index (κ2) is 6.26. The van der Waals surface area contributed by atoms with Crippen molar-refractivity contribution in [2.24, 2.45) is 5.41 Å². The zero-order valence-electron chi connectivity index (χ0n) is 11.2. The third-order valence-corrected chi connectivity index (χ3v) is 3.98. The van der Waals surface area contributed by atoms with Crippen LogP contribution < -0.4 is 10.6 Å². The molecule has 3 N–H and O–H groups in total. The zero-order chi connectivity index (χ0) is 15.5. The van der Waals surface area contributed by atoms with Crippen LogP contribution in [0.2, 0.25) is 0 Å². The molecule has 0 unspecified atom stereocenters. The summed E-state index contributed by atoms with van der Waals surface area (Å²) < 4.78 is 0.861. The molecular formula is C14H15BrN2O4. The van der Waals surface area contributed by atoms with Gasteiger partial charge >= 0.3 is 5.97 Å². The Balaban J connectivity index is 1.75. The molecule has 0 spiro atoms. The standard InChI is InChI=1S/C14H15BrN2O4/c15-10-3-1-9(2-4-10)12(19)16-7-11(18)17-8-14(5-6-14)13(20)21/h1-4H,5-8H2,(H,16,19)(H,17,18)(H,20,21). The van der Waals surface area contributed by atoms with Gasteiger partial charge in [-0.15, -0.1) is 0 Å². The first kappa shape index (κ1) is 15.5. The van der Waals surface area contributed by atoms with E-state index < -0.39 is 17.3 Å². The van der Waals surface area contributed by atoms with Crippen LogP contribution in [0.15, 0.2) is 28.7 Å². The van der Waals surface area contributed by atoms with E-state index >= 15 is 0 Å². The van der Waals surface area contributed by atoms with Crippen molar-refractivity contribution in [1.82, 2.24) is 10.6 Å². The van der Waals surface area contributed by atoms with Gasteiger partial charge in [0.05, 0.1) is 12.0 Å². The summed E-state index contributed by atoms with van der Waals surface area (Å²) in [7, 11) is 0. The van der Waals surface area contributed by atoms with Gasteiger partial charge < -0.3 is 15.7 Å². The molecule has 0 radical (unpaired) electrons. The molecule has 1 aliphatic rings. The van der Waals surface area contributed by atoms with Gasteiger partial charge in [-0.3, -0.25) is 14.4 Å². The Hall–Kier alpha value is -1.89. The molecule has 6 nitrogen and oxygen atoms in total. The monoisotopic (exact) mass is 354 g/mol. The molecule has 112 valence electrons. The zero-order valence-corrected chi connectivity index (χ0v) is 12.8. The fourth-order valence-corrected chi connectivity index (χ4v) is 2.08.